The van der Waals surface area contributed by atoms with Crippen LogP contribution in [0.3, 0.4) is 0 Å². The van der Waals surface area contributed by atoms with Crippen LogP contribution in [0.4, 0.5) is 0 Å². The van der Waals surface area contributed by atoms with Gasteiger partial charge in [-0.3, -0.25) is 0 Å². The Labute approximate surface area is 174 Å². The Kier molecular flexibility index (Phi) is 19.6. The van der Waals surface area contributed by atoms with E-state index in [0.29, 0.717) is 0 Å². The molecule has 2 N–H and O–H groups in total. The van der Waals surface area contributed by atoms with E-state index in [1.807, 2.05) is 7.11 Å². The first-order chi connectivity index (χ1) is 13.0. The van der Waals surface area contributed by atoms with Crippen LogP contribution in [0.1, 0.15) is 130 Å². The molecular weight excluding hydrogens is 346 g/mol. The molecule has 0 saturated carbocycles. The summed E-state index contributed by atoms with van der Waals surface area (Å²) in [7, 11) is 1.62. The van der Waals surface area contributed by atoms with E-state index in [1.54, 1.807) is 0 Å². The highest BCUT2D eigenvalue weighted by molar-refractivity contribution is 6.26. The average Bonchev–Trinajstić information content (AvgIpc) is 2.61. The summed E-state index contributed by atoms with van der Waals surface area (Å²) in [6, 6.07) is 1.33. The van der Waals surface area contributed by atoms with Crippen molar-refractivity contribution in [2.45, 2.75) is 142 Å². The van der Waals surface area contributed by atoms with Crippen LogP contribution in [0.5, 0.6) is 0 Å². The van der Waals surface area contributed by atoms with E-state index in [0.717, 1.165) is 5.92 Å². The number of unbranched alkanes of at least 4 members (excludes halogenated alkanes) is 12. The molecule has 0 aromatic heterocycles. The second-order valence-electron chi connectivity index (χ2n) is 9.58. The van der Waals surface area contributed by atoms with Gasteiger partial charge in [0.25, 0.3) is 0 Å². The summed E-state index contributed by atoms with van der Waals surface area (Å²) in [6.07, 6.45) is 24.0. The Morgan fingerprint density at radius 2 is 1.19 bits per heavy atom. The average molecular weight is 400 g/mol. The molecule has 0 aliphatic rings. The third-order valence-corrected chi connectivity index (χ3v) is 6.94. The zero-order chi connectivity index (χ0) is 20.2. The molecule has 164 valence electrons. The summed E-state index contributed by atoms with van der Waals surface area (Å²) in [5, 5.41) is 0. The van der Waals surface area contributed by atoms with Crippen molar-refractivity contribution < 1.29 is 4.43 Å². The summed E-state index contributed by atoms with van der Waals surface area (Å²) < 4.78 is 5.32. The van der Waals surface area contributed by atoms with Gasteiger partial charge in [-0.15, -0.1) is 0 Å². The Bertz CT molecular complexity index is 291. The van der Waals surface area contributed by atoms with Gasteiger partial charge in [0.2, 0.25) is 0 Å². The van der Waals surface area contributed by atoms with Crippen molar-refractivity contribution >= 4 is 9.76 Å². The zero-order valence-corrected chi connectivity index (χ0v) is 20.9. The molecule has 0 heterocycles. The zero-order valence-electron chi connectivity index (χ0n) is 19.5. The topological polar surface area (TPSA) is 35.2 Å². The van der Waals surface area contributed by atoms with Gasteiger partial charge >= 0.3 is 0 Å². The first kappa shape index (κ1) is 27.1. The SMILES string of the molecule is CCCCCCCCCCCCCCCC(CCC[SiH2]OC)CC(C)(C)N. The van der Waals surface area contributed by atoms with Gasteiger partial charge in [-0.25, -0.2) is 0 Å². The maximum absolute atomic E-state index is 6.29. The fourth-order valence-electron chi connectivity index (χ4n) is 4.22. The van der Waals surface area contributed by atoms with Crippen LogP contribution >= 0.6 is 0 Å². The molecular formula is C24H53NOSi. The molecule has 1 atom stereocenters. The van der Waals surface area contributed by atoms with Gasteiger partial charge < -0.3 is 10.2 Å². The number of rotatable bonds is 21. The highest BCUT2D eigenvalue weighted by Gasteiger charge is 2.18. The molecule has 0 bridgehead atoms. The molecule has 0 saturated heterocycles. The van der Waals surface area contributed by atoms with Gasteiger partial charge in [0.15, 0.2) is 9.76 Å². The maximum atomic E-state index is 6.29. The molecule has 0 fully saturated rings. The minimum atomic E-state index is -0.240. The largest absolute Gasteiger partial charge is 0.427 e. The summed E-state index contributed by atoms with van der Waals surface area (Å²) in [4.78, 5) is 0. The van der Waals surface area contributed by atoms with Gasteiger partial charge in [0.1, 0.15) is 0 Å². The van der Waals surface area contributed by atoms with E-state index in [-0.39, 0.29) is 15.3 Å². The standard InChI is InChI=1S/C24H53NOSi/c1-5-6-7-8-9-10-11-12-13-14-15-16-17-19-23(22-24(2,3)25)20-18-21-27-26-4/h23H,5-22,25,27H2,1-4H3. The van der Waals surface area contributed by atoms with Crippen molar-refractivity contribution in [2.24, 2.45) is 11.7 Å². The van der Waals surface area contributed by atoms with E-state index in [4.69, 9.17) is 10.2 Å². The van der Waals surface area contributed by atoms with Crippen molar-refractivity contribution in [1.82, 2.24) is 0 Å². The second kappa shape index (κ2) is 19.5. The van der Waals surface area contributed by atoms with Crippen molar-refractivity contribution in [1.29, 1.82) is 0 Å². The van der Waals surface area contributed by atoms with Gasteiger partial charge in [0.05, 0.1) is 0 Å². The van der Waals surface area contributed by atoms with Crippen molar-refractivity contribution in [2.75, 3.05) is 7.11 Å². The molecule has 3 heteroatoms. The van der Waals surface area contributed by atoms with Gasteiger partial charge in [-0.2, -0.15) is 0 Å². The molecule has 27 heavy (non-hydrogen) atoms. The Morgan fingerprint density at radius 3 is 1.63 bits per heavy atom. The second-order valence-corrected chi connectivity index (χ2v) is 11.3. The smallest absolute Gasteiger partial charge is 0.161 e. The first-order valence-corrected chi connectivity index (χ1v) is 13.8. The lowest BCUT2D eigenvalue weighted by atomic mass is 9.85. The highest BCUT2D eigenvalue weighted by Crippen LogP contribution is 2.25. The van der Waals surface area contributed by atoms with Crippen LogP contribution in [0.2, 0.25) is 6.04 Å². The third-order valence-electron chi connectivity index (χ3n) is 5.74. The van der Waals surface area contributed by atoms with E-state index in [9.17, 15) is 0 Å². The molecule has 0 aromatic carbocycles. The van der Waals surface area contributed by atoms with Crippen LogP contribution in [0, 0.1) is 5.92 Å². The fourth-order valence-corrected chi connectivity index (χ4v) is 5.00. The fraction of sp³-hybridized carbons (Fsp3) is 1.00. The van der Waals surface area contributed by atoms with Crippen LogP contribution in [-0.2, 0) is 4.43 Å². The number of nitrogens with two attached hydrogens (primary N) is 1. The van der Waals surface area contributed by atoms with Gasteiger partial charge in [-0.1, -0.05) is 110 Å². The molecule has 0 amide bonds. The molecule has 0 radical (unpaired) electrons. The molecule has 0 rings (SSSR count). The van der Waals surface area contributed by atoms with E-state index < -0.39 is 0 Å². The lowest BCUT2D eigenvalue weighted by Gasteiger charge is -2.26. The Hall–Kier alpha value is 0.137. The lowest BCUT2D eigenvalue weighted by Crippen LogP contribution is -2.34. The van der Waals surface area contributed by atoms with Crippen molar-refractivity contribution in [3.63, 3.8) is 0 Å². The van der Waals surface area contributed by atoms with Crippen LogP contribution < -0.4 is 5.73 Å². The quantitative estimate of drug-likeness (QED) is 0.164. The van der Waals surface area contributed by atoms with E-state index in [2.05, 4.69) is 20.8 Å². The third kappa shape index (κ3) is 22.3. The minimum absolute atomic E-state index is 0.0140. The summed E-state index contributed by atoms with van der Waals surface area (Å²) in [5.74, 6) is 0.823. The minimum Gasteiger partial charge on any atom is -0.427 e. The Morgan fingerprint density at radius 1 is 0.741 bits per heavy atom. The lowest BCUT2D eigenvalue weighted by molar-refractivity contribution is 0.314. The predicted octanol–water partition coefficient (Wildman–Crippen LogP) is 7.14. The van der Waals surface area contributed by atoms with Gasteiger partial charge in [-0.05, 0) is 32.2 Å². The first-order valence-electron chi connectivity index (χ1n) is 12.3. The van der Waals surface area contributed by atoms with Gasteiger partial charge in [0, 0.05) is 12.6 Å². The normalized spacial score (nSPS) is 13.7. The molecule has 1 unspecified atom stereocenters. The number of hydrogen-bond acceptors (Lipinski definition) is 2. The van der Waals surface area contributed by atoms with Crippen LogP contribution in [0.25, 0.3) is 0 Å². The Balaban J connectivity index is 3.55. The van der Waals surface area contributed by atoms with Crippen molar-refractivity contribution in [3.05, 3.63) is 0 Å². The van der Waals surface area contributed by atoms with Crippen LogP contribution in [-0.4, -0.2) is 22.4 Å². The summed E-state index contributed by atoms with van der Waals surface area (Å²) in [6.45, 7) is 6.67. The molecule has 0 aromatic rings. The monoisotopic (exact) mass is 399 g/mol. The van der Waals surface area contributed by atoms with E-state index in [1.165, 1.54) is 115 Å². The summed E-state index contributed by atoms with van der Waals surface area (Å²) in [5.41, 5.74) is 6.28. The molecule has 0 spiro atoms. The number of hydrogen-bond donors (Lipinski definition) is 1. The summed E-state index contributed by atoms with van der Waals surface area (Å²) >= 11 is 0. The highest BCUT2D eigenvalue weighted by atomic mass is 28.2. The maximum Gasteiger partial charge on any atom is 0.161 e. The van der Waals surface area contributed by atoms with Crippen LogP contribution in [0.15, 0.2) is 0 Å². The molecule has 0 aliphatic carbocycles. The molecule has 0 aliphatic heterocycles. The van der Waals surface area contributed by atoms with E-state index >= 15 is 0 Å². The van der Waals surface area contributed by atoms with Crippen molar-refractivity contribution in [3.8, 4) is 0 Å². The molecule has 2 nitrogen and oxygen atoms in total. The predicted molar refractivity (Wildman–Crippen MR) is 126 cm³/mol.